The van der Waals surface area contributed by atoms with Gasteiger partial charge in [0.25, 0.3) is 5.91 Å². The summed E-state index contributed by atoms with van der Waals surface area (Å²) in [5.41, 5.74) is 1.93. The molecule has 0 atom stereocenters. The van der Waals surface area contributed by atoms with Crippen LogP contribution in [0.15, 0.2) is 30.3 Å². The van der Waals surface area contributed by atoms with Crippen molar-refractivity contribution >= 4 is 28.7 Å². The van der Waals surface area contributed by atoms with E-state index in [0.717, 1.165) is 15.4 Å². The Hall–Kier alpha value is -2.65. The molecule has 0 spiro atoms. The number of amides is 1. The molecular formula is C19H19N3O2S. The molecule has 25 heavy (non-hydrogen) atoms. The van der Waals surface area contributed by atoms with E-state index in [4.69, 9.17) is 0 Å². The lowest BCUT2D eigenvalue weighted by molar-refractivity contribution is 0.0751. The van der Waals surface area contributed by atoms with Gasteiger partial charge < -0.3 is 9.80 Å². The van der Waals surface area contributed by atoms with Gasteiger partial charge in [-0.2, -0.15) is 5.26 Å². The van der Waals surface area contributed by atoms with E-state index >= 15 is 0 Å². The van der Waals surface area contributed by atoms with Crippen molar-refractivity contribution in [3.05, 3.63) is 51.2 Å². The molecular weight excluding hydrogens is 334 g/mol. The highest BCUT2D eigenvalue weighted by atomic mass is 32.1. The molecule has 1 aromatic heterocycles. The maximum atomic E-state index is 12.5. The van der Waals surface area contributed by atoms with E-state index in [1.807, 2.05) is 24.0 Å². The van der Waals surface area contributed by atoms with Gasteiger partial charge in [0.05, 0.1) is 16.1 Å². The highest BCUT2D eigenvalue weighted by molar-refractivity contribution is 7.13. The van der Waals surface area contributed by atoms with Crippen LogP contribution in [-0.2, 0) is 0 Å². The monoisotopic (exact) mass is 353 g/mol. The van der Waals surface area contributed by atoms with Gasteiger partial charge in [0.1, 0.15) is 6.07 Å². The Morgan fingerprint density at radius 1 is 1.12 bits per heavy atom. The van der Waals surface area contributed by atoms with Crippen molar-refractivity contribution in [2.75, 3.05) is 31.1 Å². The molecule has 2 aromatic rings. The van der Waals surface area contributed by atoms with Crippen LogP contribution in [-0.4, -0.2) is 42.8 Å². The standard InChI is InChI=1S/C19H19N3O2S/c1-13-3-6-18(25-13)19(24)22-9-7-21(8-10-22)17-11-15(14(2)23)4-5-16(17)12-20/h3-6,11H,7-10H2,1-2H3. The predicted molar refractivity (Wildman–Crippen MR) is 98.3 cm³/mol. The Morgan fingerprint density at radius 2 is 1.84 bits per heavy atom. The minimum absolute atomic E-state index is 0.0207. The predicted octanol–water partition coefficient (Wildman–Crippen LogP) is 3.09. The van der Waals surface area contributed by atoms with E-state index < -0.39 is 0 Å². The van der Waals surface area contributed by atoms with Crippen LogP contribution < -0.4 is 4.90 Å². The summed E-state index contributed by atoms with van der Waals surface area (Å²) in [6.07, 6.45) is 0. The maximum absolute atomic E-state index is 12.5. The number of piperazine rings is 1. The molecule has 0 aliphatic carbocycles. The quantitative estimate of drug-likeness (QED) is 0.796. The van der Waals surface area contributed by atoms with Crippen molar-refractivity contribution in [2.45, 2.75) is 13.8 Å². The minimum Gasteiger partial charge on any atom is -0.367 e. The summed E-state index contributed by atoms with van der Waals surface area (Å²) in [6, 6.07) is 11.2. The number of rotatable bonds is 3. The topological polar surface area (TPSA) is 64.4 Å². The number of carbonyl (C=O) groups is 2. The lowest BCUT2D eigenvalue weighted by Crippen LogP contribution is -2.48. The maximum Gasteiger partial charge on any atom is 0.264 e. The van der Waals surface area contributed by atoms with Crippen molar-refractivity contribution in [3.63, 3.8) is 0 Å². The number of Topliss-reactive ketones (excluding diaryl/α,β-unsaturated/α-hetero) is 1. The molecule has 5 nitrogen and oxygen atoms in total. The van der Waals surface area contributed by atoms with Crippen molar-refractivity contribution in [1.29, 1.82) is 5.26 Å². The fraction of sp³-hybridized carbons (Fsp3) is 0.316. The lowest BCUT2D eigenvalue weighted by Gasteiger charge is -2.36. The number of carbonyl (C=O) groups excluding carboxylic acids is 2. The third-order valence-corrected chi connectivity index (χ3v) is 5.37. The number of hydrogen-bond donors (Lipinski definition) is 0. The molecule has 0 N–H and O–H groups in total. The third kappa shape index (κ3) is 3.57. The fourth-order valence-corrected chi connectivity index (χ4v) is 3.80. The second kappa shape index (κ2) is 7.08. The zero-order chi connectivity index (χ0) is 18.0. The number of nitrogens with zero attached hydrogens (tertiary/aromatic N) is 3. The van der Waals surface area contributed by atoms with E-state index in [0.29, 0.717) is 37.3 Å². The van der Waals surface area contributed by atoms with Gasteiger partial charge in [-0.25, -0.2) is 0 Å². The number of benzene rings is 1. The Kier molecular flexibility index (Phi) is 4.86. The van der Waals surface area contributed by atoms with Crippen LogP contribution >= 0.6 is 11.3 Å². The molecule has 1 aromatic carbocycles. The normalized spacial score (nSPS) is 14.3. The zero-order valence-electron chi connectivity index (χ0n) is 14.3. The Bertz CT molecular complexity index is 858. The highest BCUT2D eigenvalue weighted by Crippen LogP contribution is 2.25. The molecule has 1 aliphatic rings. The van der Waals surface area contributed by atoms with Crippen molar-refractivity contribution in [1.82, 2.24) is 4.90 Å². The summed E-state index contributed by atoms with van der Waals surface area (Å²) in [7, 11) is 0. The van der Waals surface area contributed by atoms with Crippen LogP contribution in [0.5, 0.6) is 0 Å². The average molecular weight is 353 g/mol. The molecule has 6 heteroatoms. The molecule has 0 saturated carbocycles. The summed E-state index contributed by atoms with van der Waals surface area (Å²) in [5, 5.41) is 9.35. The summed E-state index contributed by atoms with van der Waals surface area (Å²) >= 11 is 1.51. The number of ketones is 1. The summed E-state index contributed by atoms with van der Waals surface area (Å²) < 4.78 is 0. The number of anilines is 1. The van der Waals surface area contributed by atoms with Crippen LogP contribution in [0.1, 0.15) is 37.4 Å². The molecule has 0 unspecified atom stereocenters. The van der Waals surface area contributed by atoms with Gasteiger partial charge in [0.15, 0.2) is 5.78 Å². The van der Waals surface area contributed by atoms with Gasteiger partial charge in [0.2, 0.25) is 0 Å². The van der Waals surface area contributed by atoms with Crippen LogP contribution in [0.4, 0.5) is 5.69 Å². The first-order valence-electron chi connectivity index (χ1n) is 8.15. The van der Waals surface area contributed by atoms with Crippen molar-refractivity contribution in [3.8, 4) is 6.07 Å². The first-order chi connectivity index (χ1) is 12.0. The van der Waals surface area contributed by atoms with Crippen LogP contribution in [0.3, 0.4) is 0 Å². The van der Waals surface area contributed by atoms with Gasteiger partial charge in [-0.05, 0) is 44.2 Å². The molecule has 3 rings (SSSR count). The van der Waals surface area contributed by atoms with Crippen molar-refractivity contribution < 1.29 is 9.59 Å². The zero-order valence-corrected chi connectivity index (χ0v) is 15.1. The lowest BCUT2D eigenvalue weighted by atomic mass is 10.1. The third-order valence-electron chi connectivity index (χ3n) is 4.38. The SMILES string of the molecule is CC(=O)c1ccc(C#N)c(N2CCN(C(=O)c3ccc(C)s3)CC2)c1. The van der Waals surface area contributed by atoms with Crippen LogP contribution in [0, 0.1) is 18.3 Å². The summed E-state index contributed by atoms with van der Waals surface area (Å²) in [5.74, 6) is 0.0448. The van der Waals surface area contributed by atoms with Gasteiger partial charge in [-0.3, -0.25) is 9.59 Å². The van der Waals surface area contributed by atoms with E-state index in [2.05, 4.69) is 11.0 Å². The minimum atomic E-state index is -0.0207. The van der Waals surface area contributed by atoms with E-state index in [1.165, 1.54) is 18.3 Å². The van der Waals surface area contributed by atoms with Gasteiger partial charge in [0, 0.05) is 36.6 Å². The largest absolute Gasteiger partial charge is 0.367 e. The van der Waals surface area contributed by atoms with E-state index in [-0.39, 0.29) is 11.7 Å². The highest BCUT2D eigenvalue weighted by Gasteiger charge is 2.24. The molecule has 0 bridgehead atoms. The summed E-state index contributed by atoms with van der Waals surface area (Å²) in [4.78, 5) is 30.0. The summed E-state index contributed by atoms with van der Waals surface area (Å²) in [6.45, 7) is 6.00. The second-order valence-electron chi connectivity index (χ2n) is 6.09. The number of aryl methyl sites for hydroxylation is 1. The van der Waals surface area contributed by atoms with Crippen LogP contribution in [0.25, 0.3) is 0 Å². The Morgan fingerprint density at radius 3 is 2.40 bits per heavy atom. The number of thiophene rings is 1. The first-order valence-corrected chi connectivity index (χ1v) is 8.97. The Balaban J connectivity index is 1.74. The molecule has 1 saturated heterocycles. The first kappa shape index (κ1) is 17.2. The van der Waals surface area contributed by atoms with Gasteiger partial charge >= 0.3 is 0 Å². The van der Waals surface area contributed by atoms with E-state index in [9.17, 15) is 14.9 Å². The van der Waals surface area contributed by atoms with Gasteiger partial charge in [-0.15, -0.1) is 11.3 Å². The van der Waals surface area contributed by atoms with Gasteiger partial charge in [-0.1, -0.05) is 0 Å². The molecule has 0 radical (unpaired) electrons. The smallest absolute Gasteiger partial charge is 0.264 e. The molecule has 1 fully saturated rings. The average Bonchev–Trinajstić information content (AvgIpc) is 3.07. The molecule has 1 aliphatic heterocycles. The molecule has 128 valence electrons. The van der Waals surface area contributed by atoms with Crippen LogP contribution in [0.2, 0.25) is 0 Å². The number of nitriles is 1. The molecule has 1 amide bonds. The fourth-order valence-electron chi connectivity index (χ4n) is 2.96. The number of hydrogen-bond acceptors (Lipinski definition) is 5. The second-order valence-corrected chi connectivity index (χ2v) is 7.38. The molecule has 2 heterocycles. The van der Waals surface area contributed by atoms with Crippen molar-refractivity contribution in [2.24, 2.45) is 0 Å². The Labute approximate surface area is 151 Å². The van der Waals surface area contributed by atoms with E-state index in [1.54, 1.807) is 18.2 Å².